The molecule has 0 saturated heterocycles. The number of hydrogen-bond donors (Lipinski definition) is 0. The van der Waals surface area contributed by atoms with E-state index in [4.69, 9.17) is 0 Å². The lowest BCUT2D eigenvalue weighted by Gasteiger charge is -2.13. The first-order chi connectivity index (χ1) is 29.6. The topological polar surface area (TPSA) is 26.4 Å². The molecule has 1 aliphatic carbocycles. The average Bonchev–Trinajstić information content (AvgIpc) is 3.94. The standard InChI is InChI=1S/C56H40N2OS/c1-3-13-41(39-24-27-44-46-22-12-21-45-42-18-7-8-20-47(42)56(59)58(55(45)46)52(44)32-39)54-34(2)60-53-29-26-40(33-49(53)54)57-50-23-10-9-19-43(50)48-31-38(25-28-51(48)57)37-17-11-16-36(30-37)35-14-5-4-6-15-35/h4-6,9-33H,3,7-8H2,1-2H3/b41-13-. The Morgan fingerprint density at radius 1 is 0.583 bits per heavy atom. The summed E-state index contributed by atoms with van der Waals surface area (Å²) in [4.78, 5) is 15.6. The lowest BCUT2D eigenvalue weighted by atomic mass is 9.93. The molecule has 12 rings (SSSR count). The van der Waals surface area contributed by atoms with Gasteiger partial charge in [0.2, 0.25) is 0 Å². The Morgan fingerprint density at radius 2 is 1.28 bits per heavy atom. The lowest BCUT2D eigenvalue weighted by molar-refractivity contribution is 1.08. The quantitative estimate of drug-likeness (QED) is 0.165. The van der Waals surface area contributed by atoms with Crippen molar-refractivity contribution in [3.8, 4) is 27.9 Å². The highest BCUT2D eigenvalue weighted by Gasteiger charge is 2.21. The molecule has 0 unspecified atom stereocenters. The number of fused-ring (bicyclic) bond motifs is 9. The molecule has 4 aromatic heterocycles. The van der Waals surface area contributed by atoms with E-state index in [9.17, 15) is 4.79 Å². The molecule has 0 N–H and O–H groups in total. The van der Waals surface area contributed by atoms with Crippen LogP contribution in [0.4, 0.5) is 0 Å². The summed E-state index contributed by atoms with van der Waals surface area (Å²) in [5, 5.41) is 9.06. The van der Waals surface area contributed by atoms with Gasteiger partial charge in [0.1, 0.15) is 0 Å². The van der Waals surface area contributed by atoms with Gasteiger partial charge in [0.15, 0.2) is 0 Å². The van der Waals surface area contributed by atoms with Crippen LogP contribution in [0.15, 0.2) is 163 Å². The predicted octanol–water partition coefficient (Wildman–Crippen LogP) is 13.2. The molecular weight excluding hydrogens is 749 g/mol. The van der Waals surface area contributed by atoms with Crippen LogP contribution >= 0.6 is 11.3 Å². The molecule has 0 fully saturated rings. The van der Waals surface area contributed by atoms with Crippen molar-refractivity contribution in [1.82, 2.24) is 8.97 Å². The van der Waals surface area contributed by atoms with Gasteiger partial charge in [-0.15, -0.1) is 11.3 Å². The molecule has 11 aromatic rings. The second-order valence-corrected chi connectivity index (χ2v) is 17.4. The van der Waals surface area contributed by atoms with Crippen molar-refractivity contribution in [2.24, 2.45) is 0 Å². The van der Waals surface area contributed by atoms with Crippen molar-refractivity contribution >= 4 is 88.1 Å². The van der Waals surface area contributed by atoms with Gasteiger partial charge in [0.25, 0.3) is 5.56 Å². The van der Waals surface area contributed by atoms with Crippen LogP contribution in [0.25, 0.3) is 105 Å². The zero-order chi connectivity index (χ0) is 40.1. The molecule has 0 bridgehead atoms. The zero-order valence-corrected chi connectivity index (χ0v) is 34.3. The number of hydrogen-bond acceptors (Lipinski definition) is 2. The monoisotopic (exact) mass is 788 g/mol. The third-order valence-electron chi connectivity index (χ3n) is 12.7. The number of aromatic nitrogens is 2. The first-order valence-corrected chi connectivity index (χ1v) is 21.8. The maximum atomic E-state index is 14.3. The number of aryl methyl sites for hydroxylation is 1. The minimum absolute atomic E-state index is 0.0821. The summed E-state index contributed by atoms with van der Waals surface area (Å²) in [7, 11) is 0. The molecule has 60 heavy (non-hydrogen) atoms. The number of allylic oxidation sites excluding steroid dienone is 1. The van der Waals surface area contributed by atoms with Gasteiger partial charge in [-0.3, -0.25) is 9.20 Å². The van der Waals surface area contributed by atoms with Gasteiger partial charge < -0.3 is 4.57 Å². The molecule has 0 aliphatic heterocycles. The summed E-state index contributed by atoms with van der Waals surface area (Å²) < 4.78 is 5.69. The fourth-order valence-electron chi connectivity index (χ4n) is 10.1. The summed E-state index contributed by atoms with van der Waals surface area (Å²) in [5.74, 6) is 0. The smallest absolute Gasteiger partial charge is 0.263 e. The Labute approximate surface area is 351 Å². The minimum Gasteiger partial charge on any atom is -0.309 e. The largest absolute Gasteiger partial charge is 0.309 e. The van der Waals surface area contributed by atoms with Gasteiger partial charge in [-0.2, -0.15) is 0 Å². The highest BCUT2D eigenvalue weighted by atomic mass is 32.1. The van der Waals surface area contributed by atoms with Crippen LogP contribution < -0.4 is 16.0 Å². The van der Waals surface area contributed by atoms with Gasteiger partial charge in [-0.05, 0) is 113 Å². The Hall–Kier alpha value is -7.01. The normalized spacial score (nSPS) is 13.2. The van der Waals surface area contributed by atoms with E-state index in [1.165, 1.54) is 70.2 Å². The average molecular weight is 789 g/mol. The van der Waals surface area contributed by atoms with Crippen molar-refractivity contribution < 1.29 is 0 Å². The van der Waals surface area contributed by atoms with Crippen molar-refractivity contribution in [2.45, 2.75) is 33.1 Å². The van der Waals surface area contributed by atoms with Crippen LogP contribution in [0, 0.1) is 6.92 Å². The molecule has 0 amide bonds. The van der Waals surface area contributed by atoms with Crippen LogP contribution in [0.2, 0.25) is 0 Å². The van der Waals surface area contributed by atoms with Crippen LogP contribution in [0.3, 0.4) is 0 Å². The Balaban J connectivity index is 1.02. The van der Waals surface area contributed by atoms with E-state index in [0.29, 0.717) is 0 Å². The number of thiophene rings is 1. The first-order valence-electron chi connectivity index (χ1n) is 21.0. The van der Waals surface area contributed by atoms with Gasteiger partial charge in [0.05, 0.1) is 22.1 Å². The number of benzene rings is 7. The summed E-state index contributed by atoms with van der Waals surface area (Å²) in [6.07, 6.45) is 9.51. The summed E-state index contributed by atoms with van der Waals surface area (Å²) in [6, 6.07) is 55.4. The molecule has 0 spiro atoms. The van der Waals surface area contributed by atoms with E-state index >= 15 is 0 Å². The predicted molar refractivity (Wildman–Crippen MR) is 256 cm³/mol. The molecule has 7 aromatic carbocycles. The molecule has 0 saturated carbocycles. The van der Waals surface area contributed by atoms with E-state index in [0.717, 1.165) is 68.1 Å². The highest BCUT2D eigenvalue weighted by Crippen LogP contribution is 2.43. The lowest BCUT2D eigenvalue weighted by Crippen LogP contribution is -2.44. The van der Waals surface area contributed by atoms with Gasteiger partial charge in [-0.1, -0.05) is 128 Å². The molecule has 4 heteroatoms. The zero-order valence-electron chi connectivity index (χ0n) is 33.5. The van der Waals surface area contributed by atoms with Gasteiger partial charge in [-0.25, -0.2) is 0 Å². The van der Waals surface area contributed by atoms with E-state index < -0.39 is 0 Å². The van der Waals surface area contributed by atoms with Crippen molar-refractivity contribution in [1.29, 1.82) is 0 Å². The maximum absolute atomic E-state index is 14.3. The molecular formula is C56H40N2OS. The fraction of sp³-hybridized carbons (Fsp3) is 0.0893. The van der Waals surface area contributed by atoms with Crippen LogP contribution in [-0.4, -0.2) is 8.97 Å². The van der Waals surface area contributed by atoms with Crippen molar-refractivity contribution in [3.63, 3.8) is 0 Å². The van der Waals surface area contributed by atoms with Crippen LogP contribution in [0.1, 0.15) is 42.2 Å². The number of rotatable bonds is 6. The van der Waals surface area contributed by atoms with Crippen LogP contribution in [-0.2, 0) is 0 Å². The second kappa shape index (κ2) is 13.5. The third-order valence-corrected chi connectivity index (χ3v) is 13.8. The Morgan fingerprint density at radius 3 is 2.15 bits per heavy atom. The third kappa shape index (κ3) is 5.17. The molecule has 3 nitrogen and oxygen atoms in total. The van der Waals surface area contributed by atoms with E-state index in [2.05, 4.69) is 188 Å². The maximum Gasteiger partial charge on any atom is 0.263 e. The summed E-state index contributed by atoms with van der Waals surface area (Å²) >= 11 is 1.86. The second-order valence-electron chi connectivity index (χ2n) is 16.2. The van der Waals surface area contributed by atoms with Gasteiger partial charge >= 0.3 is 0 Å². The number of pyridine rings is 1. The summed E-state index contributed by atoms with van der Waals surface area (Å²) in [5.41, 5.74) is 14.1. The Kier molecular flexibility index (Phi) is 7.88. The van der Waals surface area contributed by atoms with E-state index in [-0.39, 0.29) is 5.56 Å². The van der Waals surface area contributed by atoms with Crippen molar-refractivity contribution in [3.05, 3.63) is 195 Å². The molecule has 4 heterocycles. The number of nitrogens with zero attached hydrogens (tertiary/aromatic N) is 2. The SMILES string of the molecule is CC/C=C(/c1ccc2c3cccc4c5c(c(=O)n(c2c1)c43)=CCCC=5)c1c(C)sc2ccc(-n3c4ccccc4c4cc(-c5cccc(-c6ccccc6)c5)ccc43)cc12. The molecule has 0 radical (unpaired) electrons. The van der Waals surface area contributed by atoms with E-state index in [1.54, 1.807) is 0 Å². The first kappa shape index (κ1) is 35.0. The molecule has 0 atom stereocenters. The van der Waals surface area contributed by atoms with Gasteiger partial charge in [0, 0.05) is 58.4 Å². The molecule has 286 valence electrons. The number of para-hydroxylation sites is 2. The minimum atomic E-state index is 0.0821. The fourth-order valence-corrected chi connectivity index (χ4v) is 11.2. The van der Waals surface area contributed by atoms with Crippen molar-refractivity contribution in [2.75, 3.05) is 0 Å². The Bertz CT molecular complexity index is 3790. The summed E-state index contributed by atoms with van der Waals surface area (Å²) in [6.45, 7) is 4.47. The van der Waals surface area contributed by atoms with E-state index in [1.807, 2.05) is 15.7 Å². The van der Waals surface area contributed by atoms with Crippen LogP contribution in [0.5, 0.6) is 0 Å². The molecule has 1 aliphatic rings. The highest BCUT2D eigenvalue weighted by molar-refractivity contribution is 7.19.